The van der Waals surface area contributed by atoms with Gasteiger partial charge >= 0.3 is 0 Å². The van der Waals surface area contributed by atoms with Crippen molar-refractivity contribution in [3.63, 3.8) is 0 Å². The van der Waals surface area contributed by atoms with E-state index in [0.29, 0.717) is 6.42 Å². The first-order valence-corrected chi connectivity index (χ1v) is 20.1. The Balaban J connectivity index is 1.75. The minimum atomic E-state index is -5.09. The number of ether oxygens (including phenoxy) is 3. The number of phosphoric acid groups is 1. The molecule has 2 rings (SSSR count). The molecule has 2 fully saturated rings. The van der Waals surface area contributed by atoms with Gasteiger partial charge in [0.15, 0.2) is 12.6 Å². The highest BCUT2D eigenvalue weighted by Crippen LogP contribution is 2.43. The van der Waals surface area contributed by atoms with Crippen LogP contribution in [0.2, 0.25) is 0 Å². The molecule has 15 nitrogen and oxygen atoms in total. The van der Waals surface area contributed by atoms with Crippen LogP contribution >= 0.6 is 7.82 Å². The second-order valence-electron chi connectivity index (χ2n) is 14.9. The number of carboxylic acid groups (broad SMARTS) is 1. The van der Waals surface area contributed by atoms with E-state index in [1.165, 1.54) is 36.0 Å². The SMILES string of the molecule is C/C(=C/CCC(C)CCOP(=O)([O-])O[C@H]1O[C@H](CO)[C@@H](O[C@@H]2O[C@H](C(=O)[O-])[C@@H](O)[C@H](O)[C@H]2O)[C@H](O)[C@H]1O)CC/C=C(\C)CC/C=C(\C)CCCC(C)C. The van der Waals surface area contributed by atoms with Crippen LogP contribution in [0, 0.1) is 11.8 Å². The third-order valence-electron chi connectivity index (χ3n) is 9.57. The van der Waals surface area contributed by atoms with Crippen molar-refractivity contribution in [2.24, 2.45) is 11.8 Å². The number of rotatable bonds is 23. The predicted octanol–water partition coefficient (Wildman–Crippen LogP) is 1.90. The Bertz CT molecular complexity index is 1240. The maximum atomic E-state index is 12.6. The van der Waals surface area contributed by atoms with Gasteiger partial charge in [-0.3, -0.25) is 9.09 Å². The molecule has 0 radical (unpaired) electrons. The highest BCUT2D eigenvalue weighted by molar-refractivity contribution is 7.45. The van der Waals surface area contributed by atoms with E-state index in [1.807, 2.05) is 6.92 Å². The molecular formula is C37H63O15P-2. The van der Waals surface area contributed by atoms with Crippen LogP contribution in [-0.4, -0.2) is 111 Å². The normalized spacial score (nSPS) is 32.2. The first-order chi connectivity index (χ1) is 24.9. The number of allylic oxidation sites excluding steroid dienone is 6. The van der Waals surface area contributed by atoms with E-state index in [0.717, 1.165) is 44.4 Å². The minimum Gasteiger partial charge on any atom is -0.756 e. The molecule has 12 atom stereocenters. The Morgan fingerprint density at radius 3 is 1.91 bits per heavy atom. The second kappa shape index (κ2) is 23.5. The summed E-state index contributed by atoms with van der Waals surface area (Å²) >= 11 is 0. The summed E-state index contributed by atoms with van der Waals surface area (Å²) in [6.45, 7) is 11.9. The fourth-order valence-electron chi connectivity index (χ4n) is 6.09. The van der Waals surface area contributed by atoms with Crippen LogP contribution in [0.3, 0.4) is 0 Å². The van der Waals surface area contributed by atoms with Crippen molar-refractivity contribution in [2.45, 2.75) is 167 Å². The van der Waals surface area contributed by atoms with Crippen molar-refractivity contribution in [3.8, 4) is 0 Å². The molecule has 16 heteroatoms. The van der Waals surface area contributed by atoms with E-state index in [2.05, 4.69) is 52.8 Å². The second-order valence-corrected chi connectivity index (χ2v) is 16.3. The number of phosphoric ester groups is 1. The Morgan fingerprint density at radius 1 is 0.774 bits per heavy atom. The summed E-state index contributed by atoms with van der Waals surface area (Å²) < 4.78 is 38.0. The zero-order chi connectivity index (χ0) is 39.9. The van der Waals surface area contributed by atoms with Crippen LogP contribution in [0.5, 0.6) is 0 Å². The largest absolute Gasteiger partial charge is 0.756 e. The van der Waals surface area contributed by atoms with E-state index in [4.69, 9.17) is 23.3 Å². The monoisotopic (exact) mass is 778 g/mol. The van der Waals surface area contributed by atoms with E-state index < -0.39 is 81.8 Å². The highest BCUT2D eigenvalue weighted by atomic mass is 31.2. The van der Waals surface area contributed by atoms with Crippen molar-refractivity contribution in [1.29, 1.82) is 0 Å². The first-order valence-electron chi connectivity index (χ1n) is 18.7. The van der Waals surface area contributed by atoms with Crippen molar-refractivity contribution in [2.75, 3.05) is 13.2 Å². The Morgan fingerprint density at radius 2 is 1.34 bits per heavy atom. The number of carboxylic acids is 1. The number of carbonyl (C=O) groups excluding carboxylic acids is 1. The molecule has 308 valence electrons. The molecule has 2 unspecified atom stereocenters. The molecule has 0 aromatic heterocycles. The van der Waals surface area contributed by atoms with Gasteiger partial charge in [-0.1, -0.05) is 62.1 Å². The van der Waals surface area contributed by atoms with Crippen molar-refractivity contribution in [1.82, 2.24) is 0 Å². The Kier molecular flexibility index (Phi) is 21.1. The van der Waals surface area contributed by atoms with E-state index in [1.54, 1.807) is 0 Å². The number of carbonyl (C=O) groups is 1. The van der Waals surface area contributed by atoms with Gasteiger partial charge in [-0.15, -0.1) is 0 Å². The molecule has 2 aliphatic rings. The zero-order valence-corrected chi connectivity index (χ0v) is 32.8. The van der Waals surface area contributed by atoms with Gasteiger partial charge in [0, 0.05) is 0 Å². The molecule has 2 aliphatic heterocycles. The van der Waals surface area contributed by atoms with Crippen molar-refractivity contribution >= 4 is 13.8 Å². The molecule has 6 N–H and O–H groups in total. The lowest BCUT2D eigenvalue weighted by atomic mass is 9.97. The Hall–Kier alpha value is -1.56. The van der Waals surface area contributed by atoms with Gasteiger partial charge in [0.1, 0.15) is 48.8 Å². The molecule has 0 aliphatic carbocycles. The summed E-state index contributed by atoms with van der Waals surface area (Å²) in [6.07, 6.45) is -3.07. The van der Waals surface area contributed by atoms with Crippen LogP contribution in [0.25, 0.3) is 0 Å². The van der Waals surface area contributed by atoms with Crippen LogP contribution in [0.4, 0.5) is 0 Å². The molecule has 2 saturated heterocycles. The van der Waals surface area contributed by atoms with Crippen molar-refractivity contribution < 1.29 is 73.3 Å². The summed E-state index contributed by atoms with van der Waals surface area (Å²) in [5, 5.41) is 72.4. The van der Waals surface area contributed by atoms with Gasteiger partial charge in [0.2, 0.25) is 0 Å². The number of aliphatic carboxylic acids is 1. The molecule has 0 bridgehead atoms. The van der Waals surface area contributed by atoms with Crippen molar-refractivity contribution in [3.05, 3.63) is 34.9 Å². The summed E-state index contributed by atoms with van der Waals surface area (Å²) in [5.74, 6) is -1.06. The van der Waals surface area contributed by atoms with Gasteiger partial charge in [0.05, 0.1) is 19.2 Å². The summed E-state index contributed by atoms with van der Waals surface area (Å²) in [4.78, 5) is 23.8. The predicted molar refractivity (Wildman–Crippen MR) is 190 cm³/mol. The van der Waals surface area contributed by atoms with E-state index in [9.17, 15) is 50.0 Å². The number of hydrogen-bond donors (Lipinski definition) is 6. The van der Waals surface area contributed by atoms with Crippen LogP contribution in [0.15, 0.2) is 34.9 Å². The molecule has 53 heavy (non-hydrogen) atoms. The number of hydrogen-bond acceptors (Lipinski definition) is 15. The average Bonchev–Trinajstić information content (AvgIpc) is 3.07. The highest BCUT2D eigenvalue weighted by Gasteiger charge is 2.51. The summed E-state index contributed by atoms with van der Waals surface area (Å²) in [5.41, 5.74) is 4.16. The zero-order valence-electron chi connectivity index (χ0n) is 32.0. The fourth-order valence-corrected chi connectivity index (χ4v) is 6.91. The number of aliphatic hydroxyl groups excluding tert-OH is 6. The minimum absolute atomic E-state index is 0.117. The fraction of sp³-hybridized carbons (Fsp3) is 0.811. The lowest BCUT2D eigenvalue weighted by Gasteiger charge is -2.46. The molecule has 2 heterocycles. The molecule has 0 aromatic rings. The van der Waals surface area contributed by atoms with Gasteiger partial charge in [-0.25, -0.2) is 0 Å². The molecular weight excluding hydrogens is 715 g/mol. The third-order valence-corrected chi connectivity index (χ3v) is 10.5. The van der Waals surface area contributed by atoms with Gasteiger partial charge < -0.3 is 64.2 Å². The standard InChI is InChI=1S/C37H65O15P/c1-22(2)11-7-12-23(3)13-8-14-24(4)15-9-16-25(5)17-10-18-26(6)19-20-48-53(46,47)52-37-32(43)30(41)33(27(21-38)49-37)50-36-31(42)28(39)29(40)34(51-36)35(44)45/h13,15,17,22,26-34,36-43H,7-12,14,16,18-21H2,1-6H3,(H,44,45)(H,46,47)/p-2/b23-13+,24-15+,25-17-/t26?,27-,28+,29+,30-,31-,32-,33-,34+,36-,37-/m1/s1. The summed E-state index contributed by atoms with van der Waals surface area (Å²) in [7, 11) is -5.09. The van der Waals surface area contributed by atoms with Crippen LogP contribution in [0.1, 0.15) is 106 Å². The molecule has 0 aromatic carbocycles. The van der Waals surface area contributed by atoms with Gasteiger partial charge in [-0.05, 0) is 90.4 Å². The molecule has 0 amide bonds. The quantitative estimate of drug-likeness (QED) is 0.0641. The molecule has 0 spiro atoms. The third kappa shape index (κ3) is 16.6. The van der Waals surface area contributed by atoms with Gasteiger partial charge in [-0.2, -0.15) is 0 Å². The maximum Gasteiger partial charge on any atom is 0.270 e. The van der Waals surface area contributed by atoms with E-state index >= 15 is 0 Å². The summed E-state index contributed by atoms with van der Waals surface area (Å²) in [6, 6.07) is 0. The molecule has 0 saturated carbocycles. The smallest absolute Gasteiger partial charge is 0.270 e. The average molecular weight is 779 g/mol. The maximum absolute atomic E-state index is 12.6. The lowest BCUT2D eigenvalue weighted by molar-refractivity contribution is -0.370. The van der Waals surface area contributed by atoms with E-state index in [-0.39, 0.29) is 12.5 Å². The Labute approximate surface area is 313 Å². The van der Waals surface area contributed by atoms with Gasteiger partial charge in [0.25, 0.3) is 7.82 Å². The number of aliphatic hydroxyl groups is 6. The topological polar surface area (TPSA) is 248 Å². The lowest BCUT2D eigenvalue weighted by Crippen LogP contribution is -2.66. The van der Waals surface area contributed by atoms with Crippen LogP contribution < -0.4 is 10.00 Å². The van der Waals surface area contributed by atoms with Crippen LogP contribution in [-0.2, 0) is 32.6 Å². The first kappa shape index (κ1) is 47.6.